The van der Waals surface area contributed by atoms with Crippen molar-refractivity contribution in [3.05, 3.63) is 0 Å². The molecule has 1 N–H and O–H groups in total. The minimum atomic E-state index is 0.775. The second-order valence-electron chi connectivity index (χ2n) is 5.29. The third kappa shape index (κ3) is 5.53. The van der Waals surface area contributed by atoms with Gasteiger partial charge < -0.3 is 10.2 Å². The van der Waals surface area contributed by atoms with Crippen molar-refractivity contribution in [1.29, 1.82) is 0 Å². The first kappa shape index (κ1) is 13.0. The number of nitrogens with zero attached hydrogens (tertiary/aromatic N) is 1. The van der Waals surface area contributed by atoms with Gasteiger partial charge in [0.05, 0.1) is 0 Å². The Labute approximate surface area is 95.4 Å². The van der Waals surface area contributed by atoms with E-state index in [1.54, 1.807) is 0 Å². The van der Waals surface area contributed by atoms with Gasteiger partial charge in [0.1, 0.15) is 0 Å². The molecule has 0 saturated carbocycles. The van der Waals surface area contributed by atoms with Crippen LogP contribution in [0.5, 0.6) is 0 Å². The van der Waals surface area contributed by atoms with Crippen LogP contribution in [0.1, 0.15) is 46.0 Å². The molecule has 1 aliphatic heterocycles. The minimum Gasteiger partial charge on any atom is -0.317 e. The maximum absolute atomic E-state index is 3.38. The van der Waals surface area contributed by atoms with Crippen LogP contribution in [-0.2, 0) is 0 Å². The lowest BCUT2D eigenvalue weighted by Gasteiger charge is -2.31. The minimum absolute atomic E-state index is 0.775. The Kier molecular flexibility index (Phi) is 6.26. The smallest absolute Gasteiger partial charge is 0.00884 e. The number of nitrogens with one attached hydrogen (secondary N) is 1. The van der Waals surface area contributed by atoms with E-state index in [4.69, 9.17) is 0 Å². The predicted octanol–water partition coefficient (Wildman–Crippen LogP) is 2.50. The van der Waals surface area contributed by atoms with Gasteiger partial charge in [-0.05, 0) is 51.9 Å². The molecule has 15 heavy (non-hydrogen) atoms. The number of piperidine rings is 1. The average molecular weight is 212 g/mol. The molecule has 2 nitrogen and oxygen atoms in total. The van der Waals surface area contributed by atoms with Crippen molar-refractivity contribution >= 4 is 0 Å². The van der Waals surface area contributed by atoms with E-state index in [1.165, 1.54) is 51.7 Å². The van der Waals surface area contributed by atoms with Crippen LogP contribution in [0.3, 0.4) is 0 Å². The molecule has 0 aromatic carbocycles. The number of unbranched alkanes of at least 4 members (excludes halogenated alkanes) is 1. The molecular weight excluding hydrogens is 184 g/mol. The SMILES string of the molecule is CNC1CCN(CCCCC(C)C)CC1. The first-order valence-electron chi connectivity index (χ1n) is 6.62. The maximum atomic E-state index is 3.38. The second-order valence-corrected chi connectivity index (χ2v) is 5.29. The molecule has 0 aliphatic carbocycles. The van der Waals surface area contributed by atoms with E-state index < -0.39 is 0 Å². The molecule has 0 radical (unpaired) electrons. The van der Waals surface area contributed by atoms with E-state index in [1.807, 2.05) is 0 Å². The van der Waals surface area contributed by atoms with Gasteiger partial charge in [0.2, 0.25) is 0 Å². The molecule has 1 saturated heterocycles. The number of hydrogen-bond donors (Lipinski definition) is 1. The first-order chi connectivity index (χ1) is 7.22. The summed E-state index contributed by atoms with van der Waals surface area (Å²) in [6, 6.07) is 0.775. The highest BCUT2D eigenvalue weighted by Gasteiger charge is 2.16. The van der Waals surface area contributed by atoms with Gasteiger partial charge in [-0.15, -0.1) is 0 Å². The number of hydrogen-bond acceptors (Lipinski definition) is 2. The fraction of sp³-hybridized carbons (Fsp3) is 1.00. The highest BCUT2D eigenvalue weighted by Crippen LogP contribution is 2.12. The maximum Gasteiger partial charge on any atom is 0.00884 e. The zero-order chi connectivity index (χ0) is 11.1. The molecule has 0 bridgehead atoms. The van der Waals surface area contributed by atoms with Crippen molar-refractivity contribution in [2.45, 2.75) is 52.0 Å². The topological polar surface area (TPSA) is 15.3 Å². The summed E-state index contributed by atoms with van der Waals surface area (Å²) in [6.07, 6.45) is 6.86. The van der Waals surface area contributed by atoms with Crippen LogP contribution < -0.4 is 5.32 Å². The lowest BCUT2D eigenvalue weighted by molar-refractivity contribution is 0.197. The van der Waals surface area contributed by atoms with Crippen molar-refractivity contribution < 1.29 is 0 Å². The fourth-order valence-corrected chi connectivity index (χ4v) is 2.33. The Balaban J connectivity index is 1.99. The summed E-state index contributed by atoms with van der Waals surface area (Å²) in [4.78, 5) is 2.63. The van der Waals surface area contributed by atoms with Crippen molar-refractivity contribution in [2.75, 3.05) is 26.7 Å². The Hall–Kier alpha value is -0.0800. The van der Waals surface area contributed by atoms with Crippen LogP contribution >= 0.6 is 0 Å². The quantitative estimate of drug-likeness (QED) is 0.681. The highest BCUT2D eigenvalue weighted by molar-refractivity contribution is 4.75. The molecular formula is C13H28N2. The summed E-state index contributed by atoms with van der Waals surface area (Å²) in [5.41, 5.74) is 0. The van der Waals surface area contributed by atoms with E-state index >= 15 is 0 Å². The molecule has 0 spiro atoms. The average Bonchev–Trinajstić information content (AvgIpc) is 2.25. The Bertz CT molecular complexity index is 149. The first-order valence-corrected chi connectivity index (χ1v) is 6.62. The molecule has 1 aliphatic rings. The molecule has 2 heteroatoms. The molecule has 0 aromatic rings. The van der Waals surface area contributed by atoms with E-state index in [0.717, 1.165) is 12.0 Å². The van der Waals surface area contributed by atoms with Crippen LogP contribution in [0.15, 0.2) is 0 Å². The van der Waals surface area contributed by atoms with Gasteiger partial charge in [0.25, 0.3) is 0 Å². The monoisotopic (exact) mass is 212 g/mol. The predicted molar refractivity (Wildman–Crippen MR) is 67.2 cm³/mol. The van der Waals surface area contributed by atoms with Crippen molar-refractivity contribution in [1.82, 2.24) is 10.2 Å². The van der Waals surface area contributed by atoms with Gasteiger partial charge in [0, 0.05) is 6.04 Å². The van der Waals surface area contributed by atoms with E-state index in [2.05, 4.69) is 31.1 Å². The molecule has 1 rings (SSSR count). The summed E-state index contributed by atoms with van der Waals surface area (Å²) < 4.78 is 0. The Morgan fingerprint density at radius 2 is 1.87 bits per heavy atom. The summed E-state index contributed by atoms with van der Waals surface area (Å²) in [5.74, 6) is 0.875. The van der Waals surface area contributed by atoms with Crippen molar-refractivity contribution in [3.63, 3.8) is 0 Å². The lowest BCUT2D eigenvalue weighted by Crippen LogP contribution is -2.41. The van der Waals surface area contributed by atoms with Crippen molar-refractivity contribution in [2.24, 2.45) is 5.92 Å². The standard InChI is InChI=1S/C13H28N2/c1-12(2)6-4-5-9-15-10-7-13(14-3)8-11-15/h12-14H,4-11H2,1-3H3. The number of likely N-dealkylation sites (tertiary alicyclic amines) is 1. The van der Waals surface area contributed by atoms with Crippen LogP contribution in [0.2, 0.25) is 0 Å². The van der Waals surface area contributed by atoms with Crippen LogP contribution in [-0.4, -0.2) is 37.6 Å². The van der Waals surface area contributed by atoms with Gasteiger partial charge in [-0.25, -0.2) is 0 Å². The molecule has 0 atom stereocenters. The molecule has 1 fully saturated rings. The van der Waals surface area contributed by atoms with Crippen molar-refractivity contribution in [3.8, 4) is 0 Å². The highest BCUT2D eigenvalue weighted by atomic mass is 15.1. The van der Waals surface area contributed by atoms with E-state index in [0.29, 0.717) is 0 Å². The Morgan fingerprint density at radius 3 is 2.40 bits per heavy atom. The normalized spacial score (nSPS) is 20.0. The summed E-state index contributed by atoms with van der Waals surface area (Å²) in [6.45, 7) is 8.56. The molecule has 0 aromatic heterocycles. The van der Waals surface area contributed by atoms with Gasteiger partial charge in [-0.1, -0.05) is 26.7 Å². The van der Waals surface area contributed by atoms with Crippen LogP contribution in [0.25, 0.3) is 0 Å². The third-order valence-electron chi connectivity index (χ3n) is 3.50. The van der Waals surface area contributed by atoms with Gasteiger partial charge in [0.15, 0.2) is 0 Å². The second kappa shape index (κ2) is 7.24. The zero-order valence-corrected chi connectivity index (χ0v) is 10.8. The van der Waals surface area contributed by atoms with E-state index in [-0.39, 0.29) is 0 Å². The summed E-state index contributed by atoms with van der Waals surface area (Å²) >= 11 is 0. The molecule has 0 amide bonds. The lowest BCUT2D eigenvalue weighted by atomic mass is 10.0. The number of rotatable bonds is 6. The largest absolute Gasteiger partial charge is 0.317 e. The van der Waals surface area contributed by atoms with Crippen LogP contribution in [0, 0.1) is 5.92 Å². The van der Waals surface area contributed by atoms with Gasteiger partial charge in [-0.2, -0.15) is 0 Å². The molecule has 0 unspecified atom stereocenters. The Morgan fingerprint density at radius 1 is 1.20 bits per heavy atom. The summed E-state index contributed by atoms with van der Waals surface area (Å²) in [5, 5.41) is 3.38. The van der Waals surface area contributed by atoms with Gasteiger partial charge >= 0.3 is 0 Å². The summed E-state index contributed by atoms with van der Waals surface area (Å²) in [7, 11) is 2.09. The molecule has 90 valence electrons. The van der Waals surface area contributed by atoms with Crippen LogP contribution in [0.4, 0.5) is 0 Å². The third-order valence-corrected chi connectivity index (χ3v) is 3.50. The van der Waals surface area contributed by atoms with Gasteiger partial charge in [-0.3, -0.25) is 0 Å². The molecule has 1 heterocycles. The zero-order valence-electron chi connectivity index (χ0n) is 10.8. The van der Waals surface area contributed by atoms with E-state index in [9.17, 15) is 0 Å². The fourth-order valence-electron chi connectivity index (χ4n) is 2.33.